The van der Waals surface area contributed by atoms with E-state index >= 15 is 0 Å². The second-order valence-electron chi connectivity index (χ2n) is 5.12. The van der Waals surface area contributed by atoms with Crippen LogP contribution >= 0.6 is 0 Å². The van der Waals surface area contributed by atoms with Crippen molar-refractivity contribution < 1.29 is 19.5 Å². The van der Waals surface area contributed by atoms with E-state index in [9.17, 15) is 14.4 Å². The Labute approximate surface area is 119 Å². The number of aliphatic carboxylic acids is 1. The summed E-state index contributed by atoms with van der Waals surface area (Å²) in [6.07, 6.45) is 1.90. The summed E-state index contributed by atoms with van der Waals surface area (Å²) in [5.41, 5.74) is 0. The van der Waals surface area contributed by atoms with Gasteiger partial charge in [-0.2, -0.15) is 0 Å². The van der Waals surface area contributed by atoms with E-state index in [2.05, 4.69) is 10.6 Å². The first-order valence-corrected chi connectivity index (χ1v) is 6.78. The second kappa shape index (κ2) is 10.2. The molecule has 0 heterocycles. The lowest BCUT2D eigenvalue weighted by Crippen LogP contribution is -2.44. The lowest BCUT2D eigenvalue weighted by molar-refractivity contribution is -0.137. The van der Waals surface area contributed by atoms with Crippen LogP contribution < -0.4 is 10.6 Å². The molecule has 3 amide bonds. The Kier molecular flexibility index (Phi) is 9.36. The molecule has 0 radical (unpaired) electrons. The molecule has 0 spiro atoms. The fraction of sp³-hybridized carbons (Fsp3) is 0.769. The lowest BCUT2D eigenvalue weighted by atomic mass is 10.2. The van der Waals surface area contributed by atoms with Crippen LogP contribution in [-0.4, -0.2) is 54.6 Å². The molecule has 0 saturated carbocycles. The van der Waals surface area contributed by atoms with E-state index in [-0.39, 0.29) is 24.8 Å². The minimum Gasteiger partial charge on any atom is -0.481 e. The molecule has 0 aromatic heterocycles. The van der Waals surface area contributed by atoms with Gasteiger partial charge in [-0.05, 0) is 46.8 Å². The third-order valence-electron chi connectivity index (χ3n) is 2.68. The Balaban J connectivity index is 3.73. The van der Waals surface area contributed by atoms with Crippen LogP contribution in [0.5, 0.6) is 0 Å². The molecule has 0 bridgehead atoms. The van der Waals surface area contributed by atoms with Gasteiger partial charge < -0.3 is 15.3 Å². The Hall–Kier alpha value is -1.63. The molecule has 0 aromatic carbocycles. The van der Waals surface area contributed by atoms with Gasteiger partial charge in [0.15, 0.2) is 0 Å². The molecule has 1 unspecified atom stereocenters. The number of carboxylic acids is 1. The quantitative estimate of drug-likeness (QED) is 0.545. The highest BCUT2D eigenvalue weighted by Gasteiger charge is 2.11. The number of hydrogen-bond acceptors (Lipinski definition) is 4. The van der Waals surface area contributed by atoms with Crippen molar-refractivity contribution >= 4 is 17.9 Å². The summed E-state index contributed by atoms with van der Waals surface area (Å²) in [5.74, 6) is -1.26. The third-order valence-corrected chi connectivity index (χ3v) is 2.68. The Morgan fingerprint density at radius 3 is 2.30 bits per heavy atom. The first-order valence-electron chi connectivity index (χ1n) is 6.78. The molecule has 0 rings (SSSR count). The monoisotopic (exact) mass is 287 g/mol. The Bertz CT molecular complexity index is 332. The van der Waals surface area contributed by atoms with Crippen LogP contribution in [0.2, 0.25) is 0 Å². The van der Waals surface area contributed by atoms with Crippen molar-refractivity contribution in [2.75, 3.05) is 20.6 Å². The Morgan fingerprint density at radius 2 is 1.75 bits per heavy atom. The maximum absolute atomic E-state index is 11.5. The van der Waals surface area contributed by atoms with Gasteiger partial charge >= 0.3 is 12.0 Å². The summed E-state index contributed by atoms with van der Waals surface area (Å²) in [7, 11) is 3.90. The molecule has 3 N–H and O–H groups in total. The molecule has 7 heteroatoms. The van der Waals surface area contributed by atoms with E-state index in [1.54, 1.807) is 0 Å². The minimum atomic E-state index is -0.877. The normalized spacial score (nSPS) is 12.0. The zero-order chi connectivity index (χ0) is 15.5. The van der Waals surface area contributed by atoms with Crippen LogP contribution in [0, 0.1) is 0 Å². The van der Waals surface area contributed by atoms with Crippen molar-refractivity contribution in [1.29, 1.82) is 0 Å². The number of nitrogens with zero attached hydrogens (tertiary/aromatic N) is 1. The highest BCUT2D eigenvalue weighted by atomic mass is 16.4. The second-order valence-corrected chi connectivity index (χ2v) is 5.12. The maximum atomic E-state index is 11.5. The molecule has 116 valence electrons. The summed E-state index contributed by atoms with van der Waals surface area (Å²) < 4.78 is 0. The SMILES string of the molecule is CC(CCN(C)C)NC(=O)NC(=O)CCCCC(=O)O. The molecule has 20 heavy (non-hydrogen) atoms. The van der Waals surface area contributed by atoms with E-state index < -0.39 is 12.0 Å². The van der Waals surface area contributed by atoms with Crippen LogP contribution in [0.4, 0.5) is 4.79 Å². The largest absolute Gasteiger partial charge is 0.481 e. The smallest absolute Gasteiger partial charge is 0.321 e. The summed E-state index contributed by atoms with van der Waals surface area (Å²) >= 11 is 0. The zero-order valence-corrected chi connectivity index (χ0v) is 12.4. The molecule has 0 aliphatic rings. The van der Waals surface area contributed by atoms with Crippen molar-refractivity contribution in [3.05, 3.63) is 0 Å². The number of hydrogen-bond donors (Lipinski definition) is 3. The number of urea groups is 1. The standard InChI is InChI=1S/C13H25N3O4/c1-10(8-9-16(2)3)14-13(20)15-11(17)6-4-5-7-12(18)19/h10H,4-9H2,1-3H3,(H,18,19)(H2,14,15,17,20). The summed E-state index contributed by atoms with van der Waals surface area (Å²) in [5, 5.41) is 13.4. The fourth-order valence-corrected chi connectivity index (χ4v) is 1.53. The number of carboxylic acid groups (broad SMARTS) is 1. The van der Waals surface area contributed by atoms with Gasteiger partial charge in [0.05, 0.1) is 0 Å². The van der Waals surface area contributed by atoms with E-state index in [0.29, 0.717) is 12.8 Å². The lowest BCUT2D eigenvalue weighted by Gasteiger charge is -2.16. The number of unbranched alkanes of at least 4 members (excludes halogenated alkanes) is 1. The maximum Gasteiger partial charge on any atom is 0.321 e. The highest BCUT2D eigenvalue weighted by Crippen LogP contribution is 1.99. The molecule has 1 atom stereocenters. The molecule has 0 aliphatic heterocycles. The number of carbonyl (C=O) groups excluding carboxylic acids is 2. The third kappa shape index (κ3) is 11.5. The average molecular weight is 287 g/mol. The van der Waals surface area contributed by atoms with Gasteiger partial charge in [0.25, 0.3) is 0 Å². The average Bonchev–Trinajstić information content (AvgIpc) is 2.31. The fourth-order valence-electron chi connectivity index (χ4n) is 1.53. The van der Waals surface area contributed by atoms with E-state index in [0.717, 1.165) is 13.0 Å². The van der Waals surface area contributed by atoms with Gasteiger partial charge in [-0.1, -0.05) is 0 Å². The molecular weight excluding hydrogens is 262 g/mol. The number of rotatable bonds is 9. The van der Waals surface area contributed by atoms with E-state index in [1.165, 1.54) is 0 Å². The van der Waals surface area contributed by atoms with E-state index in [1.807, 2.05) is 25.9 Å². The van der Waals surface area contributed by atoms with Crippen LogP contribution in [0.3, 0.4) is 0 Å². The van der Waals surface area contributed by atoms with E-state index in [4.69, 9.17) is 5.11 Å². The van der Waals surface area contributed by atoms with Crippen LogP contribution in [0.1, 0.15) is 39.0 Å². The molecule has 0 aliphatic carbocycles. The van der Waals surface area contributed by atoms with Gasteiger partial charge in [0.2, 0.25) is 5.91 Å². The summed E-state index contributed by atoms with van der Waals surface area (Å²) in [6, 6.07) is -0.517. The van der Waals surface area contributed by atoms with Gasteiger partial charge in [0.1, 0.15) is 0 Å². The highest BCUT2D eigenvalue weighted by molar-refractivity contribution is 5.94. The van der Waals surface area contributed by atoms with Crippen molar-refractivity contribution in [2.45, 2.75) is 45.1 Å². The number of carbonyl (C=O) groups is 3. The molecule has 7 nitrogen and oxygen atoms in total. The zero-order valence-electron chi connectivity index (χ0n) is 12.4. The van der Waals surface area contributed by atoms with Crippen LogP contribution in [-0.2, 0) is 9.59 Å². The van der Waals surface area contributed by atoms with Crippen LogP contribution in [0.25, 0.3) is 0 Å². The summed E-state index contributed by atoms with van der Waals surface area (Å²) in [6.45, 7) is 2.73. The Morgan fingerprint density at radius 1 is 1.15 bits per heavy atom. The van der Waals surface area contributed by atoms with Crippen molar-refractivity contribution in [2.24, 2.45) is 0 Å². The molecule has 0 saturated heterocycles. The number of imide groups is 1. The van der Waals surface area contributed by atoms with Gasteiger partial charge in [-0.25, -0.2) is 4.79 Å². The van der Waals surface area contributed by atoms with Crippen molar-refractivity contribution in [3.8, 4) is 0 Å². The number of nitrogens with one attached hydrogen (secondary N) is 2. The topological polar surface area (TPSA) is 98.7 Å². The predicted octanol–water partition coefficient (Wildman–Crippen LogP) is 0.797. The van der Waals surface area contributed by atoms with Crippen molar-refractivity contribution in [3.63, 3.8) is 0 Å². The molecule has 0 aromatic rings. The number of amides is 3. The predicted molar refractivity (Wildman–Crippen MR) is 75.4 cm³/mol. The first-order chi connectivity index (χ1) is 9.31. The van der Waals surface area contributed by atoms with Crippen LogP contribution in [0.15, 0.2) is 0 Å². The van der Waals surface area contributed by atoms with Gasteiger partial charge in [0, 0.05) is 18.9 Å². The van der Waals surface area contributed by atoms with Crippen molar-refractivity contribution in [1.82, 2.24) is 15.5 Å². The van der Waals surface area contributed by atoms with Gasteiger partial charge in [-0.3, -0.25) is 14.9 Å². The first kappa shape index (κ1) is 18.4. The summed E-state index contributed by atoms with van der Waals surface area (Å²) in [4.78, 5) is 35.2. The molecular formula is C13H25N3O4. The molecule has 0 fully saturated rings. The minimum absolute atomic E-state index is 0.0165. The van der Waals surface area contributed by atoms with Gasteiger partial charge in [-0.15, -0.1) is 0 Å².